The lowest BCUT2D eigenvalue weighted by Crippen LogP contribution is -2.36. The average molecular weight is 499 g/mol. The highest BCUT2D eigenvalue weighted by molar-refractivity contribution is 8.00. The first-order valence-electron chi connectivity index (χ1n) is 10.2. The van der Waals surface area contributed by atoms with Crippen molar-refractivity contribution in [2.45, 2.75) is 43.0 Å². The number of thioether (sulfide) groups is 1. The number of nitrogen functional groups attached to an aromatic ring is 1. The van der Waals surface area contributed by atoms with Gasteiger partial charge >= 0.3 is 19.4 Å². The maximum Gasteiger partial charge on any atom is 0.459 e. The van der Waals surface area contributed by atoms with Gasteiger partial charge in [-0.1, -0.05) is 18.2 Å². The zero-order valence-corrected chi connectivity index (χ0v) is 19.8. The Bertz CT molecular complexity index is 1060. The molecule has 0 bridgehead atoms. The lowest BCUT2D eigenvalue weighted by atomic mass is 10.2. The number of rotatable bonds is 10. The Morgan fingerprint density at radius 3 is 2.82 bits per heavy atom. The Balaban J connectivity index is 1.71. The third-order valence-corrected chi connectivity index (χ3v) is 7.81. The van der Waals surface area contributed by atoms with Gasteiger partial charge in [0.15, 0.2) is 0 Å². The number of nitrogens with one attached hydrogen (secondary N) is 1. The third-order valence-electron chi connectivity index (χ3n) is 4.63. The SMILES string of the molecule is CCOC(=O)[C@H](C)N[P@](=O)(OC[C@H]1S[C@@H](n2cnc(N)nc2=O)CC1O)Oc1ccccc1. The molecule has 180 valence electrons. The monoisotopic (exact) mass is 499 g/mol. The largest absolute Gasteiger partial charge is 0.465 e. The molecule has 1 aliphatic heterocycles. The van der Waals surface area contributed by atoms with Gasteiger partial charge in [-0.3, -0.25) is 13.9 Å². The number of esters is 1. The summed E-state index contributed by atoms with van der Waals surface area (Å²) in [5, 5.41) is 12.1. The maximum absolute atomic E-state index is 13.5. The molecule has 1 saturated heterocycles. The van der Waals surface area contributed by atoms with Crippen LogP contribution >= 0.6 is 19.5 Å². The summed E-state index contributed by atoms with van der Waals surface area (Å²) in [7, 11) is -4.05. The number of nitrogens with zero attached hydrogens (tertiary/aromatic N) is 3. The second kappa shape index (κ2) is 11.1. The van der Waals surface area contributed by atoms with Crippen LogP contribution in [0.4, 0.5) is 5.95 Å². The number of aliphatic hydroxyl groups excluding tert-OH is 1. The third kappa shape index (κ3) is 6.78. The predicted molar refractivity (Wildman–Crippen MR) is 122 cm³/mol. The molecule has 5 atom stereocenters. The fourth-order valence-corrected chi connectivity index (χ4v) is 6.07. The molecule has 12 nitrogen and oxygen atoms in total. The van der Waals surface area contributed by atoms with Crippen LogP contribution in [0.2, 0.25) is 0 Å². The zero-order chi connectivity index (χ0) is 24.0. The van der Waals surface area contributed by atoms with Crippen LogP contribution in [-0.4, -0.2) is 56.2 Å². The van der Waals surface area contributed by atoms with Crippen molar-refractivity contribution in [2.75, 3.05) is 18.9 Å². The van der Waals surface area contributed by atoms with Crippen LogP contribution in [0.5, 0.6) is 5.75 Å². The van der Waals surface area contributed by atoms with Crippen LogP contribution in [0.3, 0.4) is 0 Å². The van der Waals surface area contributed by atoms with Crippen LogP contribution in [0.15, 0.2) is 41.5 Å². The summed E-state index contributed by atoms with van der Waals surface area (Å²) < 4.78 is 30.9. The Morgan fingerprint density at radius 2 is 2.15 bits per heavy atom. The van der Waals surface area contributed by atoms with Crippen molar-refractivity contribution in [1.82, 2.24) is 19.6 Å². The van der Waals surface area contributed by atoms with Crippen molar-refractivity contribution in [3.05, 3.63) is 47.1 Å². The summed E-state index contributed by atoms with van der Waals surface area (Å²) in [4.78, 5) is 31.5. The minimum atomic E-state index is -4.05. The van der Waals surface area contributed by atoms with E-state index in [9.17, 15) is 19.3 Å². The van der Waals surface area contributed by atoms with Gasteiger partial charge in [0.25, 0.3) is 0 Å². The van der Waals surface area contributed by atoms with Gasteiger partial charge in [0.1, 0.15) is 18.1 Å². The van der Waals surface area contributed by atoms with Gasteiger partial charge in [-0.15, -0.1) is 11.8 Å². The fourth-order valence-electron chi connectivity index (χ4n) is 3.03. The normalized spacial score (nSPS) is 22.9. The van der Waals surface area contributed by atoms with Gasteiger partial charge in [-0.05, 0) is 26.0 Å². The molecular weight excluding hydrogens is 473 g/mol. The minimum Gasteiger partial charge on any atom is -0.465 e. The van der Waals surface area contributed by atoms with Gasteiger partial charge in [0, 0.05) is 6.42 Å². The molecule has 1 aromatic carbocycles. The van der Waals surface area contributed by atoms with Crippen LogP contribution < -0.4 is 21.0 Å². The van der Waals surface area contributed by atoms with Crippen LogP contribution in [-0.2, 0) is 18.6 Å². The first-order valence-corrected chi connectivity index (χ1v) is 12.7. The molecule has 2 aromatic rings. The molecule has 1 unspecified atom stereocenters. The minimum absolute atomic E-state index is 0.138. The van der Waals surface area contributed by atoms with Gasteiger partial charge in [0.05, 0.1) is 29.9 Å². The fraction of sp³-hybridized carbons (Fsp3) is 0.474. The van der Waals surface area contributed by atoms with Crippen molar-refractivity contribution in [2.24, 2.45) is 0 Å². The number of hydrogen-bond donors (Lipinski definition) is 3. The number of aliphatic hydroxyl groups is 1. The number of benzene rings is 1. The lowest BCUT2D eigenvalue weighted by Gasteiger charge is -2.24. The Kier molecular flexibility index (Phi) is 8.49. The van der Waals surface area contributed by atoms with Crippen molar-refractivity contribution in [3.63, 3.8) is 0 Å². The Hall–Kier alpha value is -2.44. The quantitative estimate of drug-likeness (QED) is 0.317. The summed E-state index contributed by atoms with van der Waals surface area (Å²) >= 11 is 1.24. The molecule has 0 radical (unpaired) electrons. The molecule has 3 rings (SSSR count). The highest BCUT2D eigenvalue weighted by atomic mass is 32.2. The summed E-state index contributed by atoms with van der Waals surface area (Å²) in [6.45, 7) is 3.12. The van der Waals surface area contributed by atoms with E-state index < -0.39 is 42.2 Å². The molecule has 2 heterocycles. The molecule has 0 amide bonds. The smallest absolute Gasteiger partial charge is 0.459 e. The summed E-state index contributed by atoms with van der Waals surface area (Å²) in [5.41, 5.74) is 4.84. The second-order valence-corrected chi connectivity index (χ2v) is 10.3. The van der Waals surface area contributed by atoms with E-state index in [1.165, 1.54) is 29.6 Å². The molecule has 1 fully saturated rings. The second-order valence-electron chi connectivity index (χ2n) is 7.14. The number of ether oxygens (including phenoxy) is 1. The molecule has 1 aliphatic rings. The molecule has 33 heavy (non-hydrogen) atoms. The molecule has 4 N–H and O–H groups in total. The summed E-state index contributed by atoms with van der Waals surface area (Å²) in [6.07, 6.45) is 0.629. The number of para-hydroxylation sites is 1. The molecule has 0 spiro atoms. The molecule has 1 aromatic heterocycles. The zero-order valence-electron chi connectivity index (χ0n) is 18.1. The Morgan fingerprint density at radius 1 is 1.42 bits per heavy atom. The van der Waals surface area contributed by atoms with Crippen molar-refractivity contribution >= 4 is 31.4 Å². The van der Waals surface area contributed by atoms with E-state index in [1.54, 1.807) is 37.3 Å². The number of aromatic nitrogens is 3. The van der Waals surface area contributed by atoms with Crippen LogP contribution in [0, 0.1) is 0 Å². The van der Waals surface area contributed by atoms with E-state index in [0.29, 0.717) is 0 Å². The van der Waals surface area contributed by atoms with Gasteiger partial charge in [-0.2, -0.15) is 10.1 Å². The molecule has 0 aliphatic carbocycles. The summed E-state index contributed by atoms with van der Waals surface area (Å²) in [5.74, 6) is -0.482. The van der Waals surface area contributed by atoms with E-state index in [4.69, 9.17) is 19.5 Å². The van der Waals surface area contributed by atoms with Crippen molar-refractivity contribution in [1.29, 1.82) is 0 Å². The van der Waals surface area contributed by atoms with E-state index in [2.05, 4.69) is 15.1 Å². The molecule has 14 heteroatoms. The van der Waals surface area contributed by atoms with E-state index in [1.807, 2.05) is 0 Å². The van der Waals surface area contributed by atoms with E-state index in [0.717, 1.165) is 0 Å². The van der Waals surface area contributed by atoms with Crippen molar-refractivity contribution in [3.8, 4) is 5.75 Å². The average Bonchev–Trinajstić information content (AvgIpc) is 3.13. The lowest BCUT2D eigenvalue weighted by molar-refractivity contribution is -0.144. The van der Waals surface area contributed by atoms with Crippen LogP contribution in [0.25, 0.3) is 0 Å². The Labute approximate surface area is 194 Å². The highest BCUT2D eigenvalue weighted by Crippen LogP contribution is 2.48. The van der Waals surface area contributed by atoms with Crippen molar-refractivity contribution < 1.29 is 28.3 Å². The molecule has 0 saturated carbocycles. The van der Waals surface area contributed by atoms with Gasteiger partial charge in [0.2, 0.25) is 5.95 Å². The summed E-state index contributed by atoms with van der Waals surface area (Å²) in [6, 6.07) is 7.37. The van der Waals surface area contributed by atoms with E-state index in [-0.39, 0.29) is 31.3 Å². The number of carbonyl (C=O) groups excluding carboxylic acids is 1. The van der Waals surface area contributed by atoms with Crippen LogP contribution in [0.1, 0.15) is 25.6 Å². The number of carbonyl (C=O) groups is 1. The van der Waals surface area contributed by atoms with E-state index >= 15 is 0 Å². The standard InChI is InChI=1S/C19H26N5O7PS/c1-3-29-17(26)12(2)23-32(28,31-13-7-5-4-6-8-13)30-10-15-14(25)9-16(33-15)24-11-21-18(20)22-19(24)27/h4-8,11-12,14-16,25H,3,9-10H2,1-2H3,(H,23,28)(H2,20,22,27)/t12-,14?,15+,16+,32-/m0/s1. The maximum atomic E-state index is 13.5. The highest BCUT2D eigenvalue weighted by Gasteiger charge is 2.39. The van der Waals surface area contributed by atoms with Gasteiger partial charge < -0.3 is 20.1 Å². The number of hydrogen-bond acceptors (Lipinski definition) is 11. The van der Waals surface area contributed by atoms with Gasteiger partial charge in [-0.25, -0.2) is 14.3 Å². The topological polar surface area (TPSA) is 168 Å². The number of anilines is 1. The first kappa shape index (κ1) is 25.2. The predicted octanol–water partition coefficient (Wildman–Crippen LogP) is 1.33. The first-order chi connectivity index (χ1) is 15.7. The molecular formula is C19H26N5O7PS. The number of nitrogens with two attached hydrogens (primary N) is 1.